The van der Waals surface area contributed by atoms with Crippen molar-refractivity contribution in [1.82, 2.24) is 9.97 Å². The molecule has 1 aliphatic rings. The zero-order valence-corrected chi connectivity index (χ0v) is 13.2. The number of aryl methyl sites for hydroxylation is 2. The van der Waals surface area contributed by atoms with Crippen LogP contribution in [0.3, 0.4) is 0 Å². The van der Waals surface area contributed by atoms with Gasteiger partial charge in [0.1, 0.15) is 10.7 Å². The number of nitrogens with one attached hydrogen (secondary N) is 2. The molecular formula is C13H16N4O2S2. The van der Waals surface area contributed by atoms with Crippen molar-refractivity contribution < 1.29 is 8.42 Å². The van der Waals surface area contributed by atoms with Crippen molar-refractivity contribution in [3.05, 3.63) is 28.9 Å². The maximum absolute atomic E-state index is 12.5. The molecule has 6 nitrogen and oxygen atoms in total. The first-order valence-corrected chi connectivity index (χ1v) is 9.10. The zero-order chi connectivity index (χ0) is 14.9. The van der Waals surface area contributed by atoms with E-state index in [1.165, 1.54) is 22.3 Å². The fourth-order valence-electron chi connectivity index (χ4n) is 2.31. The molecule has 21 heavy (non-hydrogen) atoms. The van der Waals surface area contributed by atoms with Crippen LogP contribution < -0.4 is 10.0 Å². The Morgan fingerprint density at radius 1 is 1.38 bits per heavy atom. The van der Waals surface area contributed by atoms with Crippen LogP contribution in [-0.4, -0.2) is 24.9 Å². The molecule has 0 spiro atoms. The van der Waals surface area contributed by atoms with Crippen molar-refractivity contribution in [2.24, 2.45) is 0 Å². The van der Waals surface area contributed by atoms with Crippen molar-refractivity contribution in [1.29, 1.82) is 0 Å². The molecule has 0 radical (unpaired) electrons. The number of aromatic nitrogens is 2. The quantitative estimate of drug-likeness (QED) is 0.881. The van der Waals surface area contributed by atoms with Crippen molar-refractivity contribution >= 4 is 32.3 Å². The molecule has 0 aliphatic heterocycles. The van der Waals surface area contributed by atoms with Gasteiger partial charge >= 0.3 is 0 Å². The Labute approximate surface area is 127 Å². The first kappa shape index (κ1) is 14.3. The van der Waals surface area contributed by atoms with Crippen LogP contribution in [0.5, 0.6) is 0 Å². The van der Waals surface area contributed by atoms with Crippen LogP contribution >= 0.6 is 11.3 Å². The smallest absolute Gasteiger partial charge is 0.267 e. The standard InChI is InChI=1S/C13H16N4O2S2/c1-2-14-12-11(7-4-8-15-12)21(18,19)17-13-16-9-5-3-6-10(9)20-13/h4,7-8H,2-3,5-6H2,1H3,(H,14,15)(H,16,17). The van der Waals surface area contributed by atoms with E-state index < -0.39 is 10.0 Å². The molecule has 0 fully saturated rings. The maximum atomic E-state index is 12.5. The Bertz CT molecular complexity index is 734. The van der Waals surface area contributed by atoms with Crippen LogP contribution in [0.1, 0.15) is 23.9 Å². The Balaban J connectivity index is 1.89. The normalized spacial score (nSPS) is 14.0. The number of rotatable bonds is 5. The third-order valence-electron chi connectivity index (χ3n) is 3.22. The molecular weight excluding hydrogens is 308 g/mol. The van der Waals surface area contributed by atoms with Gasteiger partial charge in [0.05, 0.1) is 5.69 Å². The largest absolute Gasteiger partial charge is 0.369 e. The van der Waals surface area contributed by atoms with Crippen LogP contribution in [0, 0.1) is 0 Å². The molecule has 1 aliphatic carbocycles. The highest BCUT2D eigenvalue weighted by molar-refractivity contribution is 7.93. The van der Waals surface area contributed by atoms with Gasteiger partial charge in [0, 0.05) is 17.6 Å². The summed E-state index contributed by atoms with van der Waals surface area (Å²) in [6, 6.07) is 3.14. The second-order valence-electron chi connectivity index (χ2n) is 4.73. The Morgan fingerprint density at radius 3 is 3.00 bits per heavy atom. The summed E-state index contributed by atoms with van der Waals surface area (Å²) in [6.07, 6.45) is 4.59. The van der Waals surface area contributed by atoms with Gasteiger partial charge in [0.25, 0.3) is 10.0 Å². The minimum atomic E-state index is -3.68. The van der Waals surface area contributed by atoms with Gasteiger partial charge in [-0.3, -0.25) is 4.72 Å². The summed E-state index contributed by atoms with van der Waals surface area (Å²) in [7, 11) is -3.68. The lowest BCUT2D eigenvalue weighted by atomic mass is 10.4. The van der Waals surface area contributed by atoms with Crippen molar-refractivity contribution in [2.75, 3.05) is 16.6 Å². The van der Waals surface area contributed by atoms with E-state index >= 15 is 0 Å². The lowest BCUT2D eigenvalue weighted by molar-refractivity contribution is 0.601. The average molecular weight is 324 g/mol. The molecule has 0 bridgehead atoms. The molecule has 0 saturated carbocycles. The summed E-state index contributed by atoms with van der Waals surface area (Å²) in [5.74, 6) is 0.358. The van der Waals surface area contributed by atoms with Crippen LogP contribution in [0.4, 0.5) is 10.9 Å². The number of thiazole rings is 1. The predicted octanol–water partition coefficient (Wildman–Crippen LogP) is 2.26. The van der Waals surface area contributed by atoms with E-state index in [1.54, 1.807) is 12.3 Å². The summed E-state index contributed by atoms with van der Waals surface area (Å²) in [5, 5.41) is 3.40. The van der Waals surface area contributed by atoms with Gasteiger partial charge in [-0.2, -0.15) is 0 Å². The van der Waals surface area contributed by atoms with E-state index in [0.717, 1.165) is 25.0 Å². The molecule has 0 saturated heterocycles. The van der Waals surface area contributed by atoms with E-state index in [1.807, 2.05) is 6.92 Å². The minimum Gasteiger partial charge on any atom is -0.369 e. The first-order valence-electron chi connectivity index (χ1n) is 6.80. The van der Waals surface area contributed by atoms with Gasteiger partial charge in [-0.05, 0) is 38.3 Å². The molecule has 0 atom stereocenters. The SMILES string of the molecule is CCNc1ncccc1S(=O)(=O)Nc1nc2c(s1)CCC2. The van der Waals surface area contributed by atoms with Crippen LogP contribution in [0.25, 0.3) is 0 Å². The molecule has 2 N–H and O–H groups in total. The molecule has 112 valence electrons. The van der Waals surface area contributed by atoms with Crippen LogP contribution in [0.2, 0.25) is 0 Å². The van der Waals surface area contributed by atoms with Gasteiger partial charge < -0.3 is 5.32 Å². The monoisotopic (exact) mass is 324 g/mol. The van der Waals surface area contributed by atoms with Crippen molar-refractivity contribution in [2.45, 2.75) is 31.1 Å². The molecule has 0 aromatic carbocycles. The van der Waals surface area contributed by atoms with E-state index in [4.69, 9.17) is 0 Å². The van der Waals surface area contributed by atoms with E-state index in [9.17, 15) is 8.42 Å². The minimum absolute atomic E-state index is 0.141. The Morgan fingerprint density at radius 2 is 2.24 bits per heavy atom. The molecule has 8 heteroatoms. The van der Waals surface area contributed by atoms with Gasteiger partial charge in [-0.25, -0.2) is 18.4 Å². The lowest BCUT2D eigenvalue weighted by Gasteiger charge is -2.10. The highest BCUT2D eigenvalue weighted by Crippen LogP contribution is 2.32. The summed E-state index contributed by atoms with van der Waals surface area (Å²) in [5.41, 5.74) is 1.02. The predicted molar refractivity (Wildman–Crippen MR) is 83.3 cm³/mol. The Hall–Kier alpha value is -1.67. The molecule has 2 aromatic rings. The van der Waals surface area contributed by atoms with Crippen molar-refractivity contribution in [3.63, 3.8) is 0 Å². The topological polar surface area (TPSA) is 84.0 Å². The fraction of sp³-hybridized carbons (Fsp3) is 0.385. The summed E-state index contributed by atoms with van der Waals surface area (Å²) >= 11 is 1.42. The van der Waals surface area contributed by atoms with Gasteiger partial charge in [0.2, 0.25) is 0 Å². The second-order valence-corrected chi connectivity index (χ2v) is 7.46. The molecule has 2 aromatic heterocycles. The summed E-state index contributed by atoms with van der Waals surface area (Å²) in [6.45, 7) is 2.50. The second kappa shape index (κ2) is 5.61. The maximum Gasteiger partial charge on any atom is 0.267 e. The summed E-state index contributed by atoms with van der Waals surface area (Å²) in [4.78, 5) is 9.77. The van der Waals surface area contributed by atoms with Gasteiger partial charge in [-0.1, -0.05) is 0 Å². The molecule has 0 unspecified atom stereocenters. The zero-order valence-electron chi connectivity index (χ0n) is 11.6. The highest BCUT2D eigenvalue weighted by Gasteiger charge is 2.23. The summed E-state index contributed by atoms with van der Waals surface area (Å²) < 4.78 is 27.6. The Kier molecular flexibility index (Phi) is 3.81. The molecule has 2 heterocycles. The molecule has 0 amide bonds. The number of hydrogen-bond acceptors (Lipinski definition) is 6. The number of pyridine rings is 1. The number of hydrogen-bond donors (Lipinski definition) is 2. The van der Waals surface area contributed by atoms with Crippen LogP contribution in [0.15, 0.2) is 23.2 Å². The number of nitrogens with zero attached hydrogens (tertiary/aromatic N) is 2. The van der Waals surface area contributed by atoms with E-state index in [0.29, 0.717) is 17.5 Å². The molecule has 3 rings (SSSR count). The highest BCUT2D eigenvalue weighted by atomic mass is 32.2. The lowest BCUT2D eigenvalue weighted by Crippen LogP contribution is -2.16. The third-order valence-corrected chi connectivity index (χ3v) is 5.79. The van der Waals surface area contributed by atoms with Gasteiger partial charge in [0.15, 0.2) is 5.13 Å². The number of fused-ring (bicyclic) bond motifs is 1. The van der Waals surface area contributed by atoms with Gasteiger partial charge in [-0.15, -0.1) is 11.3 Å². The first-order chi connectivity index (χ1) is 10.1. The van der Waals surface area contributed by atoms with Crippen LogP contribution in [-0.2, 0) is 22.9 Å². The number of anilines is 2. The number of sulfonamides is 1. The third kappa shape index (κ3) is 2.86. The van der Waals surface area contributed by atoms with E-state index in [-0.39, 0.29) is 4.90 Å². The average Bonchev–Trinajstić information content (AvgIpc) is 3.00. The van der Waals surface area contributed by atoms with Crippen molar-refractivity contribution in [3.8, 4) is 0 Å². The fourth-order valence-corrected chi connectivity index (χ4v) is 4.73. The van der Waals surface area contributed by atoms with E-state index in [2.05, 4.69) is 20.0 Å².